The monoisotopic (exact) mass is 244 g/mol. The molecule has 0 unspecified atom stereocenters. The molecular formula is C12H21O3P. The maximum atomic E-state index is 11.8. The average Bonchev–Trinajstić information content (AvgIpc) is 2.34. The van der Waals surface area contributed by atoms with Gasteiger partial charge in [0.25, 0.3) is 0 Å². The predicted molar refractivity (Wildman–Crippen MR) is 67.9 cm³/mol. The summed E-state index contributed by atoms with van der Waals surface area (Å²) < 4.78 is 21.5. The Balaban J connectivity index is 0.00000106. The third-order valence-electron chi connectivity index (χ3n) is 2.05. The van der Waals surface area contributed by atoms with Gasteiger partial charge in [-0.2, -0.15) is 0 Å². The first kappa shape index (κ1) is 15.4. The Morgan fingerprint density at radius 3 is 1.88 bits per heavy atom. The molecule has 0 aromatic heterocycles. The smallest absolute Gasteiger partial charge is 0.312 e. The number of hydrogen-bond donors (Lipinski definition) is 0. The maximum Gasteiger partial charge on any atom is 0.334 e. The molecule has 0 aliphatic rings. The molecule has 0 spiro atoms. The summed E-state index contributed by atoms with van der Waals surface area (Å²) in [7, 11) is -0.116. The van der Waals surface area contributed by atoms with Crippen LogP contribution in [0.4, 0.5) is 0 Å². The highest BCUT2D eigenvalue weighted by Crippen LogP contribution is 2.49. The number of aryl methyl sites for hydroxylation is 1. The zero-order valence-electron chi connectivity index (χ0n) is 10.7. The van der Waals surface area contributed by atoms with E-state index in [0.717, 1.165) is 5.56 Å². The van der Waals surface area contributed by atoms with E-state index in [4.69, 9.17) is 9.05 Å². The van der Waals surface area contributed by atoms with E-state index >= 15 is 0 Å². The molecule has 92 valence electrons. The zero-order valence-corrected chi connectivity index (χ0v) is 11.6. The summed E-state index contributed by atoms with van der Waals surface area (Å²) in [6.45, 7) is 6.01. The molecule has 0 aliphatic heterocycles. The number of benzene rings is 1. The van der Waals surface area contributed by atoms with Gasteiger partial charge < -0.3 is 9.05 Å². The predicted octanol–water partition coefficient (Wildman–Crippen LogP) is 4.01. The van der Waals surface area contributed by atoms with Gasteiger partial charge in [-0.25, -0.2) is 0 Å². The Bertz CT molecular complexity index is 325. The van der Waals surface area contributed by atoms with Crippen molar-refractivity contribution in [3.63, 3.8) is 0 Å². The van der Waals surface area contributed by atoms with Crippen LogP contribution >= 0.6 is 7.60 Å². The lowest BCUT2D eigenvalue weighted by Crippen LogP contribution is -1.93. The van der Waals surface area contributed by atoms with E-state index in [1.807, 2.05) is 45.0 Å². The van der Waals surface area contributed by atoms with Gasteiger partial charge >= 0.3 is 7.60 Å². The van der Waals surface area contributed by atoms with Crippen molar-refractivity contribution in [2.24, 2.45) is 0 Å². The summed E-state index contributed by atoms with van der Waals surface area (Å²) in [5, 5.41) is 0. The number of rotatable bonds is 4. The molecule has 0 amide bonds. The third-order valence-corrected chi connectivity index (χ3v) is 3.92. The Morgan fingerprint density at radius 2 is 1.50 bits per heavy atom. The average molecular weight is 244 g/mol. The summed E-state index contributed by atoms with van der Waals surface area (Å²) in [5.74, 6) is 0. The van der Waals surface area contributed by atoms with Gasteiger partial charge in [0.1, 0.15) is 0 Å². The van der Waals surface area contributed by atoms with Crippen LogP contribution in [0.15, 0.2) is 24.3 Å². The molecule has 0 radical (unpaired) electrons. The van der Waals surface area contributed by atoms with Crippen molar-refractivity contribution in [2.75, 3.05) is 14.2 Å². The molecule has 1 rings (SSSR count). The van der Waals surface area contributed by atoms with E-state index < -0.39 is 7.60 Å². The van der Waals surface area contributed by atoms with Crippen molar-refractivity contribution in [1.82, 2.24) is 0 Å². The van der Waals surface area contributed by atoms with Crippen LogP contribution in [0.3, 0.4) is 0 Å². The van der Waals surface area contributed by atoms with Gasteiger partial charge in [0.2, 0.25) is 0 Å². The topological polar surface area (TPSA) is 35.5 Å². The Hall–Kier alpha value is -0.630. The van der Waals surface area contributed by atoms with Crippen molar-refractivity contribution in [1.29, 1.82) is 0 Å². The van der Waals surface area contributed by atoms with Crippen LogP contribution in [-0.2, 0) is 19.8 Å². The van der Waals surface area contributed by atoms with Crippen LogP contribution in [0.25, 0.3) is 0 Å². The minimum atomic E-state index is -2.92. The lowest BCUT2D eigenvalue weighted by Gasteiger charge is -2.13. The molecule has 1 aromatic rings. The van der Waals surface area contributed by atoms with Gasteiger partial charge in [0.15, 0.2) is 0 Å². The van der Waals surface area contributed by atoms with E-state index in [1.54, 1.807) is 0 Å². The summed E-state index contributed by atoms with van der Waals surface area (Å²) >= 11 is 0. The molecule has 0 fully saturated rings. The van der Waals surface area contributed by atoms with Gasteiger partial charge in [-0.3, -0.25) is 4.57 Å². The highest BCUT2D eigenvalue weighted by atomic mass is 31.2. The van der Waals surface area contributed by atoms with Crippen molar-refractivity contribution >= 4 is 7.60 Å². The quantitative estimate of drug-likeness (QED) is 0.751. The lowest BCUT2D eigenvalue weighted by atomic mass is 10.2. The largest absolute Gasteiger partial charge is 0.334 e. The standard InChI is InChI=1S/C10H15O3P.C2H6/c1-9-4-6-10(7-5-9)8-14(11,12-2)13-3;1-2/h4-7H,8H2,1-3H3;1-2H3. The summed E-state index contributed by atoms with van der Waals surface area (Å²) in [4.78, 5) is 0. The van der Waals surface area contributed by atoms with Crippen molar-refractivity contribution in [2.45, 2.75) is 26.9 Å². The minimum Gasteiger partial charge on any atom is -0.312 e. The fourth-order valence-electron chi connectivity index (χ4n) is 1.12. The molecule has 3 nitrogen and oxygen atoms in total. The van der Waals surface area contributed by atoms with E-state index in [2.05, 4.69) is 0 Å². The van der Waals surface area contributed by atoms with Crippen LogP contribution in [0.1, 0.15) is 25.0 Å². The Morgan fingerprint density at radius 1 is 1.06 bits per heavy atom. The Kier molecular flexibility index (Phi) is 7.31. The SMILES string of the molecule is CC.COP(=O)(Cc1ccc(C)cc1)OC. The normalized spacial score (nSPS) is 10.6. The van der Waals surface area contributed by atoms with E-state index in [1.165, 1.54) is 19.8 Å². The second-order valence-electron chi connectivity index (χ2n) is 3.12. The van der Waals surface area contributed by atoms with Crippen LogP contribution < -0.4 is 0 Å². The van der Waals surface area contributed by atoms with E-state index in [9.17, 15) is 4.57 Å². The molecule has 0 saturated carbocycles. The van der Waals surface area contributed by atoms with Crippen LogP contribution in [-0.4, -0.2) is 14.2 Å². The van der Waals surface area contributed by atoms with Gasteiger partial charge in [-0.05, 0) is 12.5 Å². The summed E-state index contributed by atoms with van der Waals surface area (Å²) in [6, 6.07) is 7.82. The molecule has 0 saturated heterocycles. The first-order valence-electron chi connectivity index (χ1n) is 5.36. The highest BCUT2D eigenvalue weighted by Gasteiger charge is 2.21. The lowest BCUT2D eigenvalue weighted by molar-refractivity contribution is 0.275. The van der Waals surface area contributed by atoms with Crippen LogP contribution in [0, 0.1) is 6.92 Å². The second kappa shape index (κ2) is 7.61. The van der Waals surface area contributed by atoms with Gasteiger partial charge in [-0.1, -0.05) is 43.7 Å². The van der Waals surface area contributed by atoms with Crippen molar-refractivity contribution in [3.8, 4) is 0 Å². The number of hydrogen-bond acceptors (Lipinski definition) is 3. The van der Waals surface area contributed by atoms with E-state index in [-0.39, 0.29) is 0 Å². The molecule has 16 heavy (non-hydrogen) atoms. The van der Waals surface area contributed by atoms with Crippen LogP contribution in [0.5, 0.6) is 0 Å². The minimum absolute atomic E-state index is 0.320. The van der Waals surface area contributed by atoms with Gasteiger partial charge in [-0.15, -0.1) is 0 Å². The second-order valence-corrected chi connectivity index (χ2v) is 5.39. The van der Waals surface area contributed by atoms with E-state index in [0.29, 0.717) is 6.16 Å². The van der Waals surface area contributed by atoms with Crippen molar-refractivity contribution in [3.05, 3.63) is 35.4 Å². The fourth-order valence-corrected chi connectivity index (χ4v) is 2.19. The summed E-state index contributed by atoms with van der Waals surface area (Å²) in [5.41, 5.74) is 2.14. The maximum absolute atomic E-state index is 11.8. The Labute approximate surface area is 98.3 Å². The molecular weight excluding hydrogens is 223 g/mol. The molecule has 0 heterocycles. The summed E-state index contributed by atoms with van der Waals surface area (Å²) in [6.07, 6.45) is 0.320. The van der Waals surface area contributed by atoms with Gasteiger partial charge in [0, 0.05) is 14.2 Å². The zero-order chi connectivity index (χ0) is 12.6. The highest BCUT2D eigenvalue weighted by molar-refractivity contribution is 7.52. The molecule has 0 aliphatic carbocycles. The molecule has 0 N–H and O–H groups in total. The van der Waals surface area contributed by atoms with Crippen LogP contribution in [0.2, 0.25) is 0 Å². The molecule has 1 aromatic carbocycles. The molecule has 4 heteroatoms. The first-order chi connectivity index (χ1) is 7.59. The molecule has 0 bridgehead atoms. The third kappa shape index (κ3) is 4.93. The van der Waals surface area contributed by atoms with Crippen molar-refractivity contribution < 1.29 is 13.6 Å². The first-order valence-corrected chi connectivity index (χ1v) is 7.08. The fraction of sp³-hybridized carbons (Fsp3) is 0.500. The van der Waals surface area contributed by atoms with Gasteiger partial charge in [0.05, 0.1) is 6.16 Å². The molecule has 0 atom stereocenters.